The summed E-state index contributed by atoms with van der Waals surface area (Å²) in [7, 11) is 0. The van der Waals surface area contributed by atoms with Crippen LogP contribution in [0.2, 0.25) is 0 Å². The van der Waals surface area contributed by atoms with E-state index in [9.17, 15) is 0 Å². The van der Waals surface area contributed by atoms with Gasteiger partial charge >= 0.3 is 0 Å². The van der Waals surface area contributed by atoms with Gasteiger partial charge in [0.2, 0.25) is 0 Å². The van der Waals surface area contributed by atoms with Gasteiger partial charge in [0.15, 0.2) is 0 Å². The van der Waals surface area contributed by atoms with Crippen LogP contribution in [0.4, 0.5) is 0 Å². The highest BCUT2D eigenvalue weighted by atomic mass is 16.9. The molecule has 0 saturated carbocycles. The lowest BCUT2D eigenvalue weighted by atomic mass is 10.0. The third-order valence-corrected chi connectivity index (χ3v) is 6.74. The maximum absolute atomic E-state index is 8.87. The van der Waals surface area contributed by atoms with E-state index >= 15 is 0 Å². The van der Waals surface area contributed by atoms with Gasteiger partial charge in [0.25, 0.3) is 0 Å². The molecule has 0 fully saturated rings. The second-order valence-corrected chi connectivity index (χ2v) is 10.4. The van der Waals surface area contributed by atoms with Crippen molar-refractivity contribution in [1.82, 2.24) is 5.23 Å². The van der Waals surface area contributed by atoms with E-state index in [1.165, 1.54) is 140 Å². The molecule has 0 aromatic carbocycles. The van der Waals surface area contributed by atoms with Crippen LogP contribution in [0.25, 0.3) is 0 Å². The average Bonchev–Trinajstić information content (AvgIpc) is 2.89. The summed E-state index contributed by atoms with van der Waals surface area (Å²) in [4.78, 5) is 10.9. The van der Waals surface area contributed by atoms with Crippen molar-refractivity contribution in [3.05, 3.63) is 12.3 Å². The van der Waals surface area contributed by atoms with Gasteiger partial charge in [-0.3, -0.25) is 0 Å². The minimum absolute atomic E-state index is 0.105. The molecule has 0 saturated heterocycles. The van der Waals surface area contributed by atoms with Gasteiger partial charge in [-0.2, -0.15) is 0 Å². The Hall–Kier alpha value is -0.620. The van der Waals surface area contributed by atoms with Crippen molar-refractivity contribution >= 4 is 0 Å². The summed E-state index contributed by atoms with van der Waals surface area (Å²) in [6.07, 6.45) is 35.6. The summed E-state index contributed by atoms with van der Waals surface area (Å²) < 4.78 is 0. The fraction of sp³-hybridized carbons (Fsp3) is 0.935. The lowest BCUT2D eigenvalue weighted by Crippen LogP contribution is -2.20. The number of rotatable bonds is 31. The number of hydrogen-bond acceptors (Lipinski definition) is 5. The van der Waals surface area contributed by atoms with Crippen LogP contribution in [0.1, 0.15) is 161 Å². The Labute approximate surface area is 224 Å². The molecule has 0 bridgehead atoms. The minimum atomic E-state index is 0.105. The molecule has 0 aliphatic rings. The highest BCUT2D eigenvalue weighted by Gasteiger charge is 2.00. The van der Waals surface area contributed by atoms with Crippen LogP contribution in [0, 0.1) is 0 Å². The van der Waals surface area contributed by atoms with Crippen molar-refractivity contribution in [3.8, 4) is 0 Å². The Morgan fingerprint density at radius 2 is 0.806 bits per heavy atom. The first-order valence-electron chi connectivity index (χ1n) is 15.8. The monoisotopic (exact) mass is 513 g/mol. The van der Waals surface area contributed by atoms with Crippen molar-refractivity contribution < 1.29 is 19.9 Å². The summed E-state index contributed by atoms with van der Waals surface area (Å²) in [6.45, 7) is 3.33. The molecule has 0 spiro atoms. The summed E-state index contributed by atoms with van der Waals surface area (Å²) in [5.41, 5.74) is 0. The molecular formula is C31H63NO4. The zero-order chi connectivity index (χ0) is 26.2. The Morgan fingerprint density at radius 3 is 1.14 bits per heavy atom. The van der Waals surface area contributed by atoms with Crippen LogP contribution in [0.3, 0.4) is 0 Å². The Kier molecular flexibility index (Phi) is 31.9. The van der Waals surface area contributed by atoms with E-state index in [2.05, 4.69) is 13.0 Å². The SMILES string of the molecule is CCCCCCCCCCCCCCCCCCCCCCCC=CN(OCCCO)OCCCO. The van der Waals surface area contributed by atoms with Gasteiger partial charge in [0, 0.05) is 13.2 Å². The fourth-order valence-corrected chi connectivity index (χ4v) is 4.42. The summed E-state index contributed by atoms with van der Waals surface area (Å²) >= 11 is 0. The third-order valence-electron chi connectivity index (χ3n) is 6.74. The fourth-order valence-electron chi connectivity index (χ4n) is 4.42. The summed E-state index contributed by atoms with van der Waals surface area (Å²) in [6, 6.07) is 0. The molecule has 0 aromatic heterocycles. The lowest BCUT2D eigenvalue weighted by molar-refractivity contribution is -0.337. The molecule has 0 radical (unpaired) electrons. The van der Waals surface area contributed by atoms with Gasteiger partial charge in [0.05, 0.1) is 19.4 Å². The molecule has 2 N–H and O–H groups in total. The van der Waals surface area contributed by atoms with E-state index in [1.54, 1.807) is 0 Å². The maximum Gasteiger partial charge on any atom is 0.0797 e. The van der Waals surface area contributed by atoms with Crippen LogP contribution < -0.4 is 0 Å². The Bertz CT molecular complexity index is 409. The van der Waals surface area contributed by atoms with Crippen LogP contribution in [0.5, 0.6) is 0 Å². The molecule has 0 heterocycles. The molecule has 0 atom stereocenters. The number of aliphatic hydroxyl groups is 2. The lowest BCUT2D eigenvalue weighted by Gasteiger charge is -2.18. The van der Waals surface area contributed by atoms with Gasteiger partial charge < -0.3 is 10.2 Å². The normalized spacial score (nSPS) is 11.6. The molecule has 0 unspecified atom stereocenters. The van der Waals surface area contributed by atoms with Crippen molar-refractivity contribution in [2.75, 3.05) is 26.4 Å². The highest BCUT2D eigenvalue weighted by Crippen LogP contribution is 2.15. The smallest absolute Gasteiger partial charge is 0.0797 e. The van der Waals surface area contributed by atoms with Crippen LogP contribution in [0.15, 0.2) is 12.3 Å². The molecule has 0 aliphatic heterocycles. The van der Waals surface area contributed by atoms with Crippen molar-refractivity contribution in [3.63, 3.8) is 0 Å². The van der Waals surface area contributed by atoms with Crippen LogP contribution >= 0.6 is 0 Å². The number of hydroxylamine groups is 2. The van der Waals surface area contributed by atoms with Crippen LogP contribution in [-0.2, 0) is 9.68 Å². The highest BCUT2D eigenvalue weighted by molar-refractivity contribution is 4.76. The molecule has 0 amide bonds. The molecule has 36 heavy (non-hydrogen) atoms. The van der Waals surface area contributed by atoms with Gasteiger partial charge in [-0.25, -0.2) is 9.68 Å². The Morgan fingerprint density at radius 1 is 0.472 bits per heavy atom. The molecule has 0 rings (SSSR count). The standard InChI is InChI=1S/C31H63NO4/c1-2-3-4-5-6-7-8-9-10-11-12-13-14-15-16-17-18-19-20-21-22-23-24-27-32(35-30-25-28-33)36-31-26-29-34/h24,27,33-34H,2-23,25-26,28-31H2,1H3. The summed E-state index contributed by atoms with van der Waals surface area (Å²) in [5, 5.41) is 19.1. The zero-order valence-electron chi connectivity index (χ0n) is 24.1. The summed E-state index contributed by atoms with van der Waals surface area (Å²) in [5.74, 6) is 0. The van der Waals surface area contributed by atoms with E-state index < -0.39 is 0 Å². The van der Waals surface area contributed by atoms with Crippen molar-refractivity contribution in [1.29, 1.82) is 0 Å². The molecule has 0 aromatic rings. The van der Waals surface area contributed by atoms with Crippen LogP contribution in [-0.4, -0.2) is 41.9 Å². The van der Waals surface area contributed by atoms with E-state index in [0.717, 1.165) is 6.42 Å². The van der Waals surface area contributed by atoms with E-state index in [-0.39, 0.29) is 13.2 Å². The minimum Gasteiger partial charge on any atom is -0.396 e. The second kappa shape index (κ2) is 32.4. The zero-order valence-corrected chi connectivity index (χ0v) is 24.1. The predicted octanol–water partition coefficient (Wildman–Crippen LogP) is 9.03. The van der Waals surface area contributed by atoms with E-state index in [1.807, 2.05) is 6.20 Å². The number of unbranched alkanes of at least 4 members (excludes halogenated alkanes) is 21. The molecule has 216 valence electrons. The quantitative estimate of drug-likeness (QED) is 0.0715. The Balaban J connectivity index is 3.33. The third kappa shape index (κ3) is 29.6. The molecule has 5 nitrogen and oxygen atoms in total. The van der Waals surface area contributed by atoms with E-state index in [4.69, 9.17) is 19.9 Å². The van der Waals surface area contributed by atoms with Crippen molar-refractivity contribution in [2.24, 2.45) is 0 Å². The van der Waals surface area contributed by atoms with Gasteiger partial charge in [-0.05, 0) is 25.7 Å². The molecular weight excluding hydrogens is 450 g/mol. The predicted molar refractivity (Wildman–Crippen MR) is 154 cm³/mol. The largest absolute Gasteiger partial charge is 0.396 e. The number of nitrogens with zero attached hydrogens (tertiary/aromatic N) is 1. The number of aliphatic hydroxyl groups excluding tert-OH is 2. The number of allylic oxidation sites excluding steroid dienone is 1. The van der Waals surface area contributed by atoms with Gasteiger partial charge in [0.1, 0.15) is 0 Å². The first kappa shape index (κ1) is 35.4. The number of hydrogen-bond donors (Lipinski definition) is 2. The van der Waals surface area contributed by atoms with Crippen molar-refractivity contribution in [2.45, 2.75) is 161 Å². The maximum atomic E-state index is 8.87. The average molecular weight is 514 g/mol. The first-order valence-corrected chi connectivity index (χ1v) is 15.8. The van der Waals surface area contributed by atoms with Gasteiger partial charge in [-0.1, -0.05) is 141 Å². The van der Waals surface area contributed by atoms with E-state index in [0.29, 0.717) is 26.1 Å². The first-order chi connectivity index (χ1) is 17.8. The van der Waals surface area contributed by atoms with Gasteiger partial charge in [-0.15, -0.1) is 5.23 Å². The topological polar surface area (TPSA) is 62.2 Å². The second-order valence-electron chi connectivity index (χ2n) is 10.4. The molecule has 0 aliphatic carbocycles. The molecule has 5 heteroatoms.